The van der Waals surface area contributed by atoms with E-state index < -0.39 is 0 Å². The van der Waals surface area contributed by atoms with Crippen LogP contribution in [-0.2, 0) is 11.3 Å². The van der Waals surface area contributed by atoms with Gasteiger partial charge in [-0.2, -0.15) is 0 Å². The second-order valence-electron chi connectivity index (χ2n) is 4.40. The predicted molar refractivity (Wildman–Crippen MR) is 72.0 cm³/mol. The summed E-state index contributed by atoms with van der Waals surface area (Å²) in [4.78, 5) is 2.76. The highest BCUT2D eigenvalue weighted by molar-refractivity contribution is 9.10. The zero-order valence-corrected chi connectivity index (χ0v) is 12.2. The van der Waals surface area contributed by atoms with Crippen LogP contribution in [0.25, 0.3) is 0 Å². The molecule has 1 aromatic rings. The van der Waals surface area contributed by atoms with Crippen molar-refractivity contribution in [1.82, 2.24) is 5.32 Å². The number of thiophene rings is 1. The van der Waals surface area contributed by atoms with E-state index in [2.05, 4.69) is 41.2 Å². The van der Waals surface area contributed by atoms with Crippen LogP contribution in [0.3, 0.4) is 0 Å². The summed E-state index contributed by atoms with van der Waals surface area (Å²) in [6.45, 7) is 6.18. The highest BCUT2D eigenvalue weighted by Gasteiger charge is 2.18. The molecular formula is C12H18BrNOS. The van der Waals surface area contributed by atoms with Crippen molar-refractivity contribution in [2.45, 2.75) is 45.4 Å². The van der Waals surface area contributed by atoms with Crippen molar-refractivity contribution in [3.05, 3.63) is 20.3 Å². The fourth-order valence-corrected chi connectivity index (χ4v) is 3.59. The molecule has 1 aliphatic rings. The zero-order chi connectivity index (χ0) is 11.5. The van der Waals surface area contributed by atoms with Gasteiger partial charge in [-0.15, -0.1) is 11.3 Å². The van der Waals surface area contributed by atoms with Gasteiger partial charge in [-0.3, -0.25) is 0 Å². The molecule has 1 N–H and O–H groups in total. The van der Waals surface area contributed by atoms with Crippen LogP contribution in [0.2, 0.25) is 0 Å². The Labute approximate surface area is 110 Å². The van der Waals surface area contributed by atoms with Gasteiger partial charge in [0.25, 0.3) is 0 Å². The van der Waals surface area contributed by atoms with Gasteiger partial charge in [-0.05, 0) is 48.7 Å². The minimum Gasteiger partial charge on any atom is -0.378 e. The maximum atomic E-state index is 5.54. The highest BCUT2D eigenvalue weighted by Crippen LogP contribution is 2.26. The van der Waals surface area contributed by atoms with Crippen molar-refractivity contribution in [1.29, 1.82) is 0 Å². The van der Waals surface area contributed by atoms with Crippen molar-refractivity contribution >= 4 is 27.3 Å². The van der Waals surface area contributed by atoms with E-state index in [1.807, 2.05) is 11.3 Å². The van der Waals surface area contributed by atoms with Gasteiger partial charge < -0.3 is 10.1 Å². The summed E-state index contributed by atoms with van der Waals surface area (Å²) in [5.74, 6) is 0. The first-order valence-electron chi connectivity index (χ1n) is 5.75. The Morgan fingerprint density at radius 3 is 3.06 bits per heavy atom. The highest BCUT2D eigenvalue weighted by atomic mass is 79.9. The van der Waals surface area contributed by atoms with Gasteiger partial charge in [-0.25, -0.2) is 0 Å². The zero-order valence-electron chi connectivity index (χ0n) is 9.75. The van der Waals surface area contributed by atoms with E-state index >= 15 is 0 Å². The molecule has 1 aliphatic heterocycles. The van der Waals surface area contributed by atoms with E-state index in [1.165, 1.54) is 14.2 Å². The number of halogens is 1. The third kappa shape index (κ3) is 3.29. The predicted octanol–water partition coefficient (Wildman–Crippen LogP) is 3.48. The lowest BCUT2D eigenvalue weighted by Gasteiger charge is -2.27. The van der Waals surface area contributed by atoms with Crippen molar-refractivity contribution in [2.24, 2.45) is 0 Å². The van der Waals surface area contributed by atoms with Crippen LogP contribution < -0.4 is 5.32 Å². The second-order valence-corrected chi connectivity index (χ2v) is 6.60. The van der Waals surface area contributed by atoms with E-state index in [0.717, 1.165) is 26.0 Å². The summed E-state index contributed by atoms with van der Waals surface area (Å²) in [7, 11) is 0. The van der Waals surface area contributed by atoms with E-state index in [0.29, 0.717) is 12.1 Å². The fourth-order valence-electron chi connectivity index (χ4n) is 2.03. The van der Waals surface area contributed by atoms with Gasteiger partial charge in [0.15, 0.2) is 0 Å². The molecule has 0 amide bonds. The van der Waals surface area contributed by atoms with Crippen LogP contribution >= 0.6 is 27.3 Å². The Morgan fingerprint density at radius 1 is 1.62 bits per heavy atom. The largest absolute Gasteiger partial charge is 0.378 e. The van der Waals surface area contributed by atoms with Gasteiger partial charge in [-0.1, -0.05) is 0 Å². The molecule has 0 aromatic carbocycles. The van der Waals surface area contributed by atoms with Gasteiger partial charge in [0.2, 0.25) is 0 Å². The Kier molecular flexibility index (Phi) is 4.41. The first-order valence-corrected chi connectivity index (χ1v) is 7.36. The van der Waals surface area contributed by atoms with Crippen LogP contribution in [0.5, 0.6) is 0 Å². The van der Waals surface area contributed by atoms with Crippen molar-refractivity contribution in [3.8, 4) is 0 Å². The molecular weight excluding hydrogens is 286 g/mol. The van der Waals surface area contributed by atoms with E-state index in [1.54, 1.807) is 0 Å². The lowest BCUT2D eigenvalue weighted by molar-refractivity contribution is 0.0131. The number of nitrogens with one attached hydrogen (secondary N) is 1. The van der Waals surface area contributed by atoms with Gasteiger partial charge in [0.1, 0.15) is 0 Å². The lowest BCUT2D eigenvalue weighted by Crippen LogP contribution is -2.37. The van der Waals surface area contributed by atoms with Gasteiger partial charge in [0, 0.05) is 33.4 Å². The molecule has 0 saturated carbocycles. The number of ether oxygens (including phenoxy) is 1. The third-order valence-corrected chi connectivity index (χ3v) is 5.09. The molecule has 90 valence electrons. The molecule has 1 aromatic heterocycles. The summed E-state index contributed by atoms with van der Waals surface area (Å²) in [6.07, 6.45) is 2.67. The second kappa shape index (κ2) is 5.63. The average Bonchev–Trinajstić information content (AvgIpc) is 2.56. The Hall–Kier alpha value is 0.100. The lowest BCUT2D eigenvalue weighted by atomic mass is 10.0. The molecule has 2 nitrogen and oxygen atoms in total. The average molecular weight is 304 g/mol. The Balaban J connectivity index is 1.82. The minimum absolute atomic E-state index is 0.406. The maximum absolute atomic E-state index is 5.54. The molecule has 0 spiro atoms. The molecule has 16 heavy (non-hydrogen) atoms. The molecule has 1 fully saturated rings. The topological polar surface area (TPSA) is 21.3 Å². The number of hydrogen-bond donors (Lipinski definition) is 1. The van der Waals surface area contributed by atoms with Crippen LogP contribution in [0.15, 0.2) is 10.5 Å². The summed E-state index contributed by atoms with van der Waals surface area (Å²) in [5, 5.41) is 3.62. The third-order valence-electron chi connectivity index (χ3n) is 2.96. The molecule has 0 bridgehead atoms. The summed E-state index contributed by atoms with van der Waals surface area (Å²) < 4.78 is 6.77. The summed E-state index contributed by atoms with van der Waals surface area (Å²) in [6, 6.07) is 2.83. The Morgan fingerprint density at radius 2 is 2.44 bits per heavy atom. The smallest absolute Gasteiger partial charge is 0.0561 e. The molecule has 1 saturated heterocycles. The maximum Gasteiger partial charge on any atom is 0.0561 e. The molecule has 2 atom stereocenters. The standard InChI is InChI=1S/C12H18BrNOS/c1-8-5-10(3-4-15-8)14-7-11-6-12(13)9(2)16-11/h6,8,10,14H,3-5,7H2,1-2H3. The van der Waals surface area contributed by atoms with Crippen LogP contribution in [-0.4, -0.2) is 18.8 Å². The van der Waals surface area contributed by atoms with E-state index in [9.17, 15) is 0 Å². The number of rotatable bonds is 3. The molecule has 0 radical (unpaired) electrons. The summed E-state index contributed by atoms with van der Waals surface area (Å²) in [5.41, 5.74) is 0. The van der Waals surface area contributed by atoms with Crippen LogP contribution in [0.4, 0.5) is 0 Å². The van der Waals surface area contributed by atoms with E-state index in [-0.39, 0.29) is 0 Å². The van der Waals surface area contributed by atoms with Crippen LogP contribution in [0, 0.1) is 6.92 Å². The fraction of sp³-hybridized carbons (Fsp3) is 0.667. The summed E-state index contributed by atoms with van der Waals surface area (Å²) >= 11 is 5.42. The molecule has 2 heterocycles. The molecule has 2 unspecified atom stereocenters. The number of hydrogen-bond acceptors (Lipinski definition) is 3. The Bertz CT molecular complexity index is 333. The van der Waals surface area contributed by atoms with Gasteiger partial charge >= 0.3 is 0 Å². The monoisotopic (exact) mass is 303 g/mol. The van der Waals surface area contributed by atoms with Gasteiger partial charge in [0.05, 0.1) is 6.10 Å². The molecule has 0 aliphatic carbocycles. The van der Waals surface area contributed by atoms with E-state index in [4.69, 9.17) is 4.74 Å². The number of aryl methyl sites for hydroxylation is 1. The SMILES string of the molecule is Cc1sc(CNC2CCOC(C)C2)cc1Br. The van der Waals surface area contributed by atoms with Crippen molar-refractivity contribution in [2.75, 3.05) is 6.61 Å². The molecule has 4 heteroatoms. The quantitative estimate of drug-likeness (QED) is 0.923. The molecule has 2 rings (SSSR count). The minimum atomic E-state index is 0.406. The van der Waals surface area contributed by atoms with Crippen molar-refractivity contribution in [3.63, 3.8) is 0 Å². The normalized spacial score (nSPS) is 25.9. The first kappa shape index (κ1) is 12.6. The first-order chi connectivity index (χ1) is 7.65. The van der Waals surface area contributed by atoms with Crippen molar-refractivity contribution < 1.29 is 4.74 Å². The van der Waals surface area contributed by atoms with Crippen LogP contribution in [0.1, 0.15) is 29.5 Å².